The second-order valence-electron chi connectivity index (χ2n) is 5.56. The summed E-state index contributed by atoms with van der Waals surface area (Å²) in [6.45, 7) is 2.04. The highest BCUT2D eigenvalue weighted by Crippen LogP contribution is 2.23. The van der Waals surface area contributed by atoms with Gasteiger partial charge in [0.05, 0.1) is 5.69 Å². The number of halogens is 1. The molecule has 3 rings (SSSR count). The Balaban J connectivity index is 1.59. The van der Waals surface area contributed by atoms with Crippen LogP contribution in [0.4, 0.5) is 20.0 Å². The van der Waals surface area contributed by atoms with Crippen molar-refractivity contribution in [3.05, 3.63) is 70.7 Å². The number of thiazole rings is 1. The van der Waals surface area contributed by atoms with Crippen LogP contribution in [-0.4, -0.2) is 21.9 Å². The van der Waals surface area contributed by atoms with Gasteiger partial charge in [-0.15, -0.1) is 0 Å². The highest BCUT2D eigenvalue weighted by Gasteiger charge is 2.16. The average molecular weight is 385 g/mol. The van der Waals surface area contributed by atoms with Crippen LogP contribution >= 0.6 is 11.3 Å². The van der Waals surface area contributed by atoms with Crippen molar-refractivity contribution in [2.24, 2.45) is 0 Å². The van der Waals surface area contributed by atoms with Gasteiger partial charge in [-0.1, -0.05) is 17.4 Å². The molecule has 3 N–H and O–H groups in total. The number of carbonyl (C=O) groups excluding carboxylic acids is 2. The highest BCUT2D eigenvalue weighted by molar-refractivity contribution is 7.17. The fourth-order valence-electron chi connectivity index (χ4n) is 2.22. The van der Waals surface area contributed by atoms with Crippen molar-refractivity contribution in [2.45, 2.75) is 13.5 Å². The van der Waals surface area contributed by atoms with Crippen molar-refractivity contribution in [1.29, 1.82) is 0 Å². The lowest BCUT2D eigenvalue weighted by atomic mass is 10.3. The summed E-state index contributed by atoms with van der Waals surface area (Å²) >= 11 is 1.07. The zero-order valence-corrected chi connectivity index (χ0v) is 15.1. The Morgan fingerprint density at radius 2 is 1.93 bits per heavy atom. The van der Waals surface area contributed by atoms with Gasteiger partial charge in [-0.3, -0.25) is 15.1 Å². The van der Waals surface area contributed by atoms with E-state index in [0.29, 0.717) is 27.9 Å². The highest BCUT2D eigenvalue weighted by atomic mass is 32.1. The molecule has 138 valence electrons. The first kappa shape index (κ1) is 18.5. The normalized spacial score (nSPS) is 10.3. The number of benzene rings is 1. The third-order valence-corrected chi connectivity index (χ3v) is 4.57. The molecule has 9 heteroatoms. The van der Waals surface area contributed by atoms with E-state index < -0.39 is 11.8 Å². The molecule has 0 unspecified atom stereocenters. The molecule has 0 fully saturated rings. The SMILES string of the molecule is Cc1nc(NC(=O)Nc2ccc(F)cc2)sc1C(=O)NCc1cccnc1. The first-order valence-electron chi connectivity index (χ1n) is 7.99. The Bertz CT molecular complexity index is 944. The molecule has 0 saturated heterocycles. The molecule has 3 aromatic rings. The number of carbonyl (C=O) groups is 2. The zero-order valence-electron chi connectivity index (χ0n) is 14.3. The Kier molecular flexibility index (Phi) is 5.72. The molecule has 0 radical (unpaired) electrons. The van der Waals surface area contributed by atoms with Gasteiger partial charge in [0.25, 0.3) is 5.91 Å². The molecule has 3 amide bonds. The molecular weight excluding hydrogens is 369 g/mol. The molecule has 0 aliphatic rings. The van der Waals surface area contributed by atoms with Gasteiger partial charge in [-0.2, -0.15) is 0 Å². The number of aryl methyl sites for hydroxylation is 1. The number of hydrogen-bond acceptors (Lipinski definition) is 5. The summed E-state index contributed by atoms with van der Waals surface area (Å²) in [5.41, 5.74) is 1.84. The fourth-order valence-corrected chi connectivity index (χ4v) is 3.10. The molecule has 0 spiro atoms. The summed E-state index contributed by atoms with van der Waals surface area (Å²) in [6, 6.07) is 8.50. The van der Waals surface area contributed by atoms with Crippen molar-refractivity contribution in [1.82, 2.24) is 15.3 Å². The molecule has 7 nitrogen and oxygen atoms in total. The number of amides is 3. The summed E-state index contributed by atoms with van der Waals surface area (Å²) in [5.74, 6) is -0.667. The number of hydrogen-bond donors (Lipinski definition) is 3. The zero-order chi connectivity index (χ0) is 19.2. The monoisotopic (exact) mass is 385 g/mol. The van der Waals surface area contributed by atoms with E-state index in [1.807, 2.05) is 6.07 Å². The molecule has 0 atom stereocenters. The minimum atomic E-state index is -0.530. The van der Waals surface area contributed by atoms with E-state index in [2.05, 4.69) is 25.9 Å². The number of nitrogens with zero attached hydrogens (tertiary/aromatic N) is 2. The van der Waals surface area contributed by atoms with E-state index in [1.54, 1.807) is 25.4 Å². The molecule has 1 aromatic carbocycles. The van der Waals surface area contributed by atoms with Gasteiger partial charge >= 0.3 is 6.03 Å². The maximum Gasteiger partial charge on any atom is 0.325 e. The largest absolute Gasteiger partial charge is 0.347 e. The van der Waals surface area contributed by atoms with Gasteiger partial charge in [0.2, 0.25) is 0 Å². The molecule has 2 heterocycles. The van der Waals surface area contributed by atoms with Gasteiger partial charge in [-0.25, -0.2) is 14.2 Å². The molecular formula is C18H16FN5O2S. The van der Waals surface area contributed by atoms with Crippen LogP contribution < -0.4 is 16.0 Å². The van der Waals surface area contributed by atoms with Crippen LogP contribution in [0.5, 0.6) is 0 Å². The van der Waals surface area contributed by atoms with Crippen LogP contribution in [0.15, 0.2) is 48.8 Å². The van der Waals surface area contributed by atoms with Gasteiger partial charge in [-0.05, 0) is 42.8 Å². The molecule has 27 heavy (non-hydrogen) atoms. The Morgan fingerprint density at radius 3 is 2.63 bits per heavy atom. The molecule has 0 bridgehead atoms. The average Bonchev–Trinajstić information content (AvgIpc) is 3.02. The van der Waals surface area contributed by atoms with Crippen LogP contribution in [-0.2, 0) is 6.54 Å². The van der Waals surface area contributed by atoms with Crippen LogP contribution in [0.3, 0.4) is 0 Å². The van der Waals surface area contributed by atoms with Crippen molar-refractivity contribution < 1.29 is 14.0 Å². The maximum atomic E-state index is 12.9. The molecule has 0 saturated carbocycles. The lowest BCUT2D eigenvalue weighted by Crippen LogP contribution is -2.22. The van der Waals surface area contributed by atoms with Gasteiger partial charge in [0.1, 0.15) is 10.7 Å². The minimum Gasteiger partial charge on any atom is -0.347 e. The van der Waals surface area contributed by atoms with E-state index in [-0.39, 0.29) is 5.91 Å². The smallest absolute Gasteiger partial charge is 0.325 e. The third kappa shape index (κ3) is 5.08. The quantitative estimate of drug-likeness (QED) is 0.626. The number of rotatable bonds is 5. The van der Waals surface area contributed by atoms with Gasteiger partial charge in [0.15, 0.2) is 5.13 Å². The van der Waals surface area contributed by atoms with Crippen molar-refractivity contribution >= 4 is 34.1 Å². The van der Waals surface area contributed by atoms with Crippen LogP contribution in [0, 0.1) is 12.7 Å². The number of aromatic nitrogens is 2. The summed E-state index contributed by atoms with van der Waals surface area (Å²) in [7, 11) is 0. The predicted octanol–water partition coefficient (Wildman–Crippen LogP) is 3.56. The molecule has 2 aromatic heterocycles. The third-order valence-electron chi connectivity index (χ3n) is 3.50. The van der Waals surface area contributed by atoms with Crippen LogP contribution in [0.2, 0.25) is 0 Å². The van der Waals surface area contributed by atoms with Gasteiger partial charge in [0, 0.05) is 24.6 Å². The summed E-state index contributed by atoms with van der Waals surface area (Å²) < 4.78 is 12.9. The van der Waals surface area contributed by atoms with E-state index in [9.17, 15) is 14.0 Å². The van der Waals surface area contributed by atoms with E-state index in [1.165, 1.54) is 24.3 Å². The minimum absolute atomic E-state index is 0.277. The lowest BCUT2D eigenvalue weighted by molar-refractivity contribution is 0.0954. The summed E-state index contributed by atoms with van der Waals surface area (Å²) in [5, 5.41) is 8.22. The Morgan fingerprint density at radius 1 is 1.15 bits per heavy atom. The second kappa shape index (κ2) is 8.37. The van der Waals surface area contributed by atoms with Crippen LogP contribution in [0.25, 0.3) is 0 Å². The van der Waals surface area contributed by atoms with Crippen molar-refractivity contribution in [3.63, 3.8) is 0 Å². The van der Waals surface area contributed by atoms with E-state index in [4.69, 9.17) is 0 Å². The van der Waals surface area contributed by atoms with Crippen LogP contribution in [0.1, 0.15) is 20.9 Å². The summed E-state index contributed by atoms with van der Waals surface area (Å²) in [4.78, 5) is 32.9. The maximum absolute atomic E-state index is 12.9. The standard InChI is InChI=1S/C18H16FN5O2S/c1-11-15(16(25)21-10-12-3-2-8-20-9-12)27-18(22-11)24-17(26)23-14-6-4-13(19)5-7-14/h2-9H,10H2,1H3,(H,21,25)(H2,22,23,24,26). The van der Waals surface area contributed by atoms with Gasteiger partial charge < -0.3 is 10.6 Å². The number of pyridine rings is 1. The van der Waals surface area contributed by atoms with Crippen molar-refractivity contribution in [2.75, 3.05) is 10.6 Å². The first-order chi connectivity index (χ1) is 13.0. The first-order valence-corrected chi connectivity index (χ1v) is 8.81. The fraction of sp³-hybridized carbons (Fsp3) is 0.111. The summed E-state index contributed by atoms with van der Waals surface area (Å²) in [6.07, 6.45) is 3.33. The molecule has 0 aliphatic carbocycles. The molecule has 0 aliphatic heterocycles. The van der Waals surface area contributed by atoms with Crippen molar-refractivity contribution in [3.8, 4) is 0 Å². The predicted molar refractivity (Wildman–Crippen MR) is 101 cm³/mol. The topological polar surface area (TPSA) is 96.0 Å². The Hall–Kier alpha value is -3.33. The second-order valence-corrected chi connectivity index (χ2v) is 6.56. The number of nitrogens with one attached hydrogen (secondary N) is 3. The van der Waals surface area contributed by atoms with E-state index >= 15 is 0 Å². The lowest BCUT2D eigenvalue weighted by Gasteiger charge is -2.05. The number of urea groups is 1. The van der Waals surface area contributed by atoms with E-state index in [0.717, 1.165) is 16.9 Å². The number of anilines is 2. The Labute approximate surface area is 158 Å².